The lowest BCUT2D eigenvalue weighted by atomic mass is 9.90. The Balaban J connectivity index is 2.49. The quantitative estimate of drug-likeness (QED) is 0.768. The standard InChI is InChI=1S/C12H17NO2/c1-12(2)7-8(13)11-9(14-3)5-4-6-10(11)15-12/h4-6,8H,7,13H2,1-3H3/t8-/m0/s1. The summed E-state index contributed by atoms with van der Waals surface area (Å²) in [5.41, 5.74) is 6.93. The summed E-state index contributed by atoms with van der Waals surface area (Å²) >= 11 is 0. The van der Waals surface area contributed by atoms with E-state index >= 15 is 0 Å². The number of benzene rings is 1. The minimum Gasteiger partial charge on any atom is -0.496 e. The summed E-state index contributed by atoms with van der Waals surface area (Å²) in [6, 6.07) is 5.77. The van der Waals surface area contributed by atoms with Crippen LogP contribution in [0.25, 0.3) is 0 Å². The highest BCUT2D eigenvalue weighted by Gasteiger charge is 2.33. The maximum absolute atomic E-state index is 6.14. The lowest BCUT2D eigenvalue weighted by Gasteiger charge is -2.36. The largest absolute Gasteiger partial charge is 0.496 e. The van der Waals surface area contributed by atoms with Crippen molar-refractivity contribution in [2.45, 2.75) is 31.9 Å². The van der Waals surface area contributed by atoms with Crippen molar-refractivity contribution in [1.82, 2.24) is 0 Å². The van der Waals surface area contributed by atoms with E-state index < -0.39 is 0 Å². The molecular weight excluding hydrogens is 190 g/mol. The van der Waals surface area contributed by atoms with Gasteiger partial charge in [0.15, 0.2) is 0 Å². The van der Waals surface area contributed by atoms with Crippen LogP contribution in [0.1, 0.15) is 31.9 Å². The second-order valence-electron chi connectivity index (χ2n) is 4.54. The zero-order chi connectivity index (χ0) is 11.1. The maximum Gasteiger partial charge on any atom is 0.128 e. The third-order valence-corrected chi connectivity index (χ3v) is 2.71. The first-order chi connectivity index (χ1) is 7.03. The normalized spacial score (nSPS) is 22.8. The Labute approximate surface area is 90.2 Å². The van der Waals surface area contributed by atoms with Crippen LogP contribution in [0.4, 0.5) is 0 Å². The summed E-state index contributed by atoms with van der Waals surface area (Å²) in [7, 11) is 1.65. The molecule has 2 N–H and O–H groups in total. The van der Waals surface area contributed by atoms with Crippen LogP contribution in [0.3, 0.4) is 0 Å². The van der Waals surface area contributed by atoms with Crippen molar-refractivity contribution in [1.29, 1.82) is 0 Å². The van der Waals surface area contributed by atoms with Crippen molar-refractivity contribution in [3.8, 4) is 11.5 Å². The molecule has 0 unspecified atom stereocenters. The molecule has 15 heavy (non-hydrogen) atoms. The Morgan fingerprint density at radius 3 is 2.87 bits per heavy atom. The number of ether oxygens (including phenoxy) is 2. The molecule has 1 heterocycles. The Bertz CT molecular complexity index is 374. The minimum absolute atomic E-state index is 0.0140. The smallest absolute Gasteiger partial charge is 0.128 e. The Morgan fingerprint density at radius 2 is 2.20 bits per heavy atom. The summed E-state index contributed by atoms with van der Waals surface area (Å²) in [5, 5.41) is 0. The van der Waals surface area contributed by atoms with Crippen molar-refractivity contribution in [3.63, 3.8) is 0 Å². The van der Waals surface area contributed by atoms with E-state index in [1.54, 1.807) is 7.11 Å². The highest BCUT2D eigenvalue weighted by atomic mass is 16.5. The number of rotatable bonds is 1. The SMILES string of the molecule is COc1cccc2c1[C@@H](N)CC(C)(C)O2. The Kier molecular flexibility index (Phi) is 2.35. The topological polar surface area (TPSA) is 44.5 Å². The van der Waals surface area contributed by atoms with E-state index in [9.17, 15) is 0 Å². The number of hydrogen-bond donors (Lipinski definition) is 1. The fraction of sp³-hybridized carbons (Fsp3) is 0.500. The van der Waals surface area contributed by atoms with Gasteiger partial charge in [-0.1, -0.05) is 6.07 Å². The molecule has 0 fully saturated rings. The maximum atomic E-state index is 6.14. The fourth-order valence-corrected chi connectivity index (χ4v) is 2.13. The first-order valence-corrected chi connectivity index (χ1v) is 5.15. The van der Waals surface area contributed by atoms with Crippen molar-refractivity contribution < 1.29 is 9.47 Å². The lowest BCUT2D eigenvalue weighted by Crippen LogP contribution is -2.37. The van der Waals surface area contributed by atoms with E-state index in [1.165, 1.54) is 0 Å². The summed E-state index contributed by atoms with van der Waals surface area (Å²) < 4.78 is 11.2. The van der Waals surface area contributed by atoms with Crippen molar-refractivity contribution in [2.24, 2.45) is 5.73 Å². The molecule has 1 atom stereocenters. The molecule has 0 saturated carbocycles. The van der Waals surface area contributed by atoms with Gasteiger partial charge in [0.05, 0.1) is 12.7 Å². The van der Waals surface area contributed by atoms with Gasteiger partial charge in [-0.2, -0.15) is 0 Å². The van der Waals surface area contributed by atoms with E-state index in [1.807, 2.05) is 18.2 Å². The van der Waals surface area contributed by atoms with E-state index in [0.717, 1.165) is 23.5 Å². The first kappa shape index (κ1) is 10.3. The monoisotopic (exact) mass is 207 g/mol. The van der Waals surface area contributed by atoms with Crippen LogP contribution in [0, 0.1) is 0 Å². The number of fused-ring (bicyclic) bond motifs is 1. The Hall–Kier alpha value is -1.22. The van der Waals surface area contributed by atoms with Crippen molar-refractivity contribution >= 4 is 0 Å². The first-order valence-electron chi connectivity index (χ1n) is 5.15. The summed E-state index contributed by atoms with van der Waals surface area (Å²) in [5.74, 6) is 1.66. The molecule has 0 bridgehead atoms. The third-order valence-electron chi connectivity index (χ3n) is 2.71. The van der Waals surface area contributed by atoms with Gasteiger partial charge in [0, 0.05) is 12.5 Å². The molecule has 3 nitrogen and oxygen atoms in total. The second-order valence-corrected chi connectivity index (χ2v) is 4.54. The summed E-state index contributed by atoms with van der Waals surface area (Å²) in [6.07, 6.45) is 0.806. The van der Waals surface area contributed by atoms with Gasteiger partial charge >= 0.3 is 0 Å². The molecule has 0 amide bonds. The van der Waals surface area contributed by atoms with E-state index in [4.69, 9.17) is 15.2 Å². The molecule has 2 rings (SSSR count). The molecule has 0 spiro atoms. The average Bonchev–Trinajstić information content (AvgIpc) is 2.14. The second kappa shape index (κ2) is 3.42. The molecule has 1 aliphatic heterocycles. The molecule has 0 aromatic heterocycles. The zero-order valence-electron chi connectivity index (χ0n) is 9.41. The van der Waals surface area contributed by atoms with E-state index in [-0.39, 0.29) is 11.6 Å². The van der Waals surface area contributed by atoms with E-state index in [0.29, 0.717) is 0 Å². The van der Waals surface area contributed by atoms with E-state index in [2.05, 4.69) is 13.8 Å². The molecule has 1 aromatic carbocycles. The fourth-order valence-electron chi connectivity index (χ4n) is 2.13. The van der Waals surface area contributed by atoms with Gasteiger partial charge in [0.2, 0.25) is 0 Å². The van der Waals surface area contributed by atoms with Crippen LogP contribution in [-0.2, 0) is 0 Å². The Morgan fingerprint density at radius 1 is 1.47 bits per heavy atom. The lowest BCUT2D eigenvalue weighted by molar-refractivity contribution is 0.0717. The van der Waals surface area contributed by atoms with Gasteiger partial charge in [-0.05, 0) is 26.0 Å². The highest BCUT2D eigenvalue weighted by molar-refractivity contribution is 5.48. The zero-order valence-corrected chi connectivity index (χ0v) is 9.41. The molecule has 0 aliphatic carbocycles. The average molecular weight is 207 g/mol. The predicted molar refractivity (Wildman–Crippen MR) is 59.2 cm³/mol. The third kappa shape index (κ3) is 1.79. The number of methoxy groups -OCH3 is 1. The van der Waals surface area contributed by atoms with Crippen LogP contribution >= 0.6 is 0 Å². The van der Waals surface area contributed by atoms with Gasteiger partial charge in [0.25, 0.3) is 0 Å². The van der Waals surface area contributed by atoms with Gasteiger partial charge < -0.3 is 15.2 Å². The predicted octanol–water partition coefficient (Wildman–Crippen LogP) is 2.26. The van der Waals surface area contributed by atoms with Crippen LogP contribution < -0.4 is 15.2 Å². The van der Waals surface area contributed by atoms with Crippen LogP contribution in [0.5, 0.6) is 11.5 Å². The van der Waals surface area contributed by atoms with Gasteiger partial charge in [-0.25, -0.2) is 0 Å². The highest BCUT2D eigenvalue weighted by Crippen LogP contribution is 2.42. The molecular formula is C12H17NO2. The van der Waals surface area contributed by atoms with Gasteiger partial charge in [-0.15, -0.1) is 0 Å². The molecule has 3 heteroatoms. The van der Waals surface area contributed by atoms with Gasteiger partial charge in [-0.3, -0.25) is 0 Å². The molecule has 82 valence electrons. The van der Waals surface area contributed by atoms with Crippen LogP contribution in [-0.4, -0.2) is 12.7 Å². The number of hydrogen-bond acceptors (Lipinski definition) is 3. The summed E-state index contributed by atoms with van der Waals surface area (Å²) in [6.45, 7) is 4.10. The summed E-state index contributed by atoms with van der Waals surface area (Å²) in [4.78, 5) is 0. The number of nitrogens with two attached hydrogens (primary N) is 1. The van der Waals surface area contributed by atoms with Crippen molar-refractivity contribution in [3.05, 3.63) is 23.8 Å². The molecule has 1 aromatic rings. The van der Waals surface area contributed by atoms with Crippen LogP contribution in [0.15, 0.2) is 18.2 Å². The molecule has 0 saturated heterocycles. The molecule has 1 aliphatic rings. The van der Waals surface area contributed by atoms with Crippen LogP contribution in [0.2, 0.25) is 0 Å². The van der Waals surface area contributed by atoms with Gasteiger partial charge in [0.1, 0.15) is 17.1 Å². The van der Waals surface area contributed by atoms with Crippen molar-refractivity contribution in [2.75, 3.05) is 7.11 Å². The molecule has 0 radical (unpaired) electrons. The minimum atomic E-state index is -0.196.